The summed E-state index contributed by atoms with van der Waals surface area (Å²) in [6.45, 7) is 5.84. The number of hydrogen-bond donors (Lipinski definition) is 1. The molecule has 0 heterocycles. The maximum Gasteiger partial charge on any atom is 0.118 e. The van der Waals surface area contributed by atoms with Gasteiger partial charge in [0.05, 0.1) is 7.11 Å². The van der Waals surface area contributed by atoms with Crippen LogP contribution >= 0.6 is 0 Å². The summed E-state index contributed by atoms with van der Waals surface area (Å²) < 4.78 is 5.23. The van der Waals surface area contributed by atoms with Crippen LogP contribution in [0, 0.1) is 5.41 Å². The number of hydrogen-bond acceptors (Lipinski definition) is 2. The molecule has 2 heteroatoms. The third-order valence-electron chi connectivity index (χ3n) is 4.76. The van der Waals surface area contributed by atoms with Crippen molar-refractivity contribution >= 4 is 0 Å². The van der Waals surface area contributed by atoms with Gasteiger partial charge in [-0.05, 0) is 42.4 Å². The molecule has 20 heavy (non-hydrogen) atoms. The largest absolute Gasteiger partial charge is 0.497 e. The van der Waals surface area contributed by atoms with Gasteiger partial charge in [0, 0.05) is 12.6 Å². The summed E-state index contributed by atoms with van der Waals surface area (Å²) in [4.78, 5) is 0. The molecular formula is C18H29NO. The average molecular weight is 275 g/mol. The molecule has 0 spiro atoms. The second-order valence-corrected chi connectivity index (χ2v) is 6.49. The van der Waals surface area contributed by atoms with E-state index in [1.54, 1.807) is 7.11 Å². The lowest BCUT2D eigenvalue weighted by Gasteiger charge is -2.35. The van der Waals surface area contributed by atoms with Crippen molar-refractivity contribution < 1.29 is 4.74 Å². The van der Waals surface area contributed by atoms with Gasteiger partial charge in [-0.1, -0.05) is 45.2 Å². The van der Waals surface area contributed by atoms with Gasteiger partial charge in [-0.25, -0.2) is 0 Å². The lowest BCUT2D eigenvalue weighted by atomic mass is 9.75. The maximum absolute atomic E-state index is 5.23. The molecule has 2 rings (SSSR count). The Morgan fingerprint density at radius 3 is 2.35 bits per heavy atom. The predicted octanol–water partition coefficient (Wildman–Crippen LogP) is 4.71. The summed E-state index contributed by atoms with van der Waals surface area (Å²) in [6, 6.07) is 8.94. The fraction of sp³-hybridized carbons (Fsp3) is 0.667. The predicted molar refractivity (Wildman–Crippen MR) is 85.2 cm³/mol. The van der Waals surface area contributed by atoms with Crippen molar-refractivity contribution in [3.05, 3.63) is 29.8 Å². The van der Waals surface area contributed by atoms with Gasteiger partial charge in [0.15, 0.2) is 0 Å². The molecule has 0 bridgehead atoms. The van der Waals surface area contributed by atoms with E-state index in [0.29, 0.717) is 11.5 Å². The Morgan fingerprint density at radius 2 is 1.80 bits per heavy atom. The molecule has 2 nitrogen and oxygen atoms in total. The number of nitrogens with one attached hydrogen (secondary N) is 1. The lowest BCUT2D eigenvalue weighted by Crippen LogP contribution is -2.35. The van der Waals surface area contributed by atoms with Gasteiger partial charge in [0.2, 0.25) is 0 Å². The van der Waals surface area contributed by atoms with E-state index in [4.69, 9.17) is 4.74 Å². The zero-order valence-electron chi connectivity index (χ0n) is 13.2. The highest BCUT2D eigenvalue weighted by atomic mass is 16.5. The highest BCUT2D eigenvalue weighted by Crippen LogP contribution is 2.35. The minimum atomic E-state index is 0.458. The SMILES string of the molecule is CCC(NCC1(C)CCCCC1)c1ccc(OC)cc1. The molecule has 1 aromatic rings. The van der Waals surface area contributed by atoms with Crippen LogP contribution in [0.5, 0.6) is 5.75 Å². The van der Waals surface area contributed by atoms with E-state index in [9.17, 15) is 0 Å². The summed E-state index contributed by atoms with van der Waals surface area (Å²) >= 11 is 0. The molecule has 0 amide bonds. The molecule has 1 N–H and O–H groups in total. The van der Waals surface area contributed by atoms with Crippen molar-refractivity contribution in [2.75, 3.05) is 13.7 Å². The zero-order valence-corrected chi connectivity index (χ0v) is 13.2. The second kappa shape index (κ2) is 7.12. The molecule has 0 saturated heterocycles. The normalized spacial score (nSPS) is 19.6. The third kappa shape index (κ3) is 3.99. The molecule has 112 valence electrons. The second-order valence-electron chi connectivity index (χ2n) is 6.49. The van der Waals surface area contributed by atoms with Crippen molar-refractivity contribution in [3.8, 4) is 5.75 Å². The van der Waals surface area contributed by atoms with E-state index in [1.807, 2.05) is 0 Å². The molecule has 1 fully saturated rings. The molecule has 1 aliphatic carbocycles. The summed E-state index contributed by atoms with van der Waals surface area (Å²) in [5.41, 5.74) is 1.87. The lowest BCUT2D eigenvalue weighted by molar-refractivity contribution is 0.199. The van der Waals surface area contributed by atoms with Gasteiger partial charge < -0.3 is 10.1 Å². The van der Waals surface area contributed by atoms with E-state index >= 15 is 0 Å². The fourth-order valence-corrected chi connectivity index (χ4v) is 3.29. The fourth-order valence-electron chi connectivity index (χ4n) is 3.29. The standard InChI is InChI=1S/C18H29NO/c1-4-17(15-8-10-16(20-3)11-9-15)19-14-18(2)12-6-5-7-13-18/h8-11,17,19H,4-7,12-14H2,1-3H3. The van der Waals surface area contributed by atoms with Crippen LogP contribution in [-0.4, -0.2) is 13.7 Å². The Hall–Kier alpha value is -1.02. The van der Waals surface area contributed by atoms with Crippen LogP contribution in [0.2, 0.25) is 0 Å². The number of rotatable bonds is 6. The van der Waals surface area contributed by atoms with E-state index in [2.05, 4.69) is 43.4 Å². The van der Waals surface area contributed by atoms with Gasteiger partial charge in [0.25, 0.3) is 0 Å². The highest BCUT2D eigenvalue weighted by molar-refractivity contribution is 5.29. The number of methoxy groups -OCH3 is 1. The van der Waals surface area contributed by atoms with Crippen molar-refractivity contribution in [2.45, 2.75) is 58.4 Å². The maximum atomic E-state index is 5.23. The Kier molecular flexibility index (Phi) is 5.47. The monoisotopic (exact) mass is 275 g/mol. The topological polar surface area (TPSA) is 21.3 Å². The van der Waals surface area contributed by atoms with E-state index in [1.165, 1.54) is 37.7 Å². The first kappa shape index (κ1) is 15.4. The van der Waals surface area contributed by atoms with Crippen molar-refractivity contribution in [2.24, 2.45) is 5.41 Å². The van der Waals surface area contributed by atoms with Crippen molar-refractivity contribution in [1.29, 1.82) is 0 Å². The van der Waals surface area contributed by atoms with Crippen LogP contribution in [0.15, 0.2) is 24.3 Å². The third-order valence-corrected chi connectivity index (χ3v) is 4.76. The van der Waals surface area contributed by atoms with Crippen LogP contribution in [0.3, 0.4) is 0 Å². The molecule has 1 saturated carbocycles. The molecule has 0 radical (unpaired) electrons. The molecule has 0 aromatic heterocycles. The van der Waals surface area contributed by atoms with Gasteiger partial charge in [-0.2, -0.15) is 0 Å². The Balaban J connectivity index is 1.94. The van der Waals surface area contributed by atoms with Gasteiger partial charge in [-0.3, -0.25) is 0 Å². The van der Waals surface area contributed by atoms with Crippen molar-refractivity contribution in [1.82, 2.24) is 5.32 Å². The first-order valence-corrected chi connectivity index (χ1v) is 8.04. The quantitative estimate of drug-likeness (QED) is 0.812. The van der Waals surface area contributed by atoms with E-state index < -0.39 is 0 Å². The molecular weight excluding hydrogens is 246 g/mol. The Morgan fingerprint density at radius 1 is 1.15 bits per heavy atom. The van der Waals surface area contributed by atoms with Crippen LogP contribution < -0.4 is 10.1 Å². The number of benzene rings is 1. The molecule has 1 atom stereocenters. The molecule has 0 aliphatic heterocycles. The van der Waals surface area contributed by atoms with Crippen molar-refractivity contribution in [3.63, 3.8) is 0 Å². The minimum absolute atomic E-state index is 0.458. The Labute approximate surface area is 123 Å². The molecule has 1 aromatic carbocycles. The molecule has 1 aliphatic rings. The van der Waals surface area contributed by atoms with E-state index in [-0.39, 0.29) is 0 Å². The summed E-state index contributed by atoms with van der Waals surface area (Å²) in [6.07, 6.45) is 8.10. The van der Waals surface area contributed by atoms with Gasteiger partial charge >= 0.3 is 0 Å². The molecule has 1 unspecified atom stereocenters. The summed E-state index contributed by atoms with van der Waals surface area (Å²) in [7, 11) is 1.72. The minimum Gasteiger partial charge on any atom is -0.497 e. The first-order chi connectivity index (χ1) is 9.67. The average Bonchev–Trinajstić information content (AvgIpc) is 2.49. The zero-order chi connectivity index (χ0) is 14.4. The smallest absolute Gasteiger partial charge is 0.118 e. The van der Waals surface area contributed by atoms with Gasteiger partial charge in [0.1, 0.15) is 5.75 Å². The van der Waals surface area contributed by atoms with Crippen LogP contribution in [0.1, 0.15) is 64.0 Å². The highest BCUT2D eigenvalue weighted by Gasteiger charge is 2.27. The Bertz CT molecular complexity index is 392. The number of ether oxygens (including phenoxy) is 1. The van der Waals surface area contributed by atoms with Crippen LogP contribution in [-0.2, 0) is 0 Å². The van der Waals surface area contributed by atoms with Crippen LogP contribution in [0.4, 0.5) is 0 Å². The summed E-state index contributed by atoms with van der Waals surface area (Å²) in [5, 5.41) is 3.79. The first-order valence-electron chi connectivity index (χ1n) is 8.04. The van der Waals surface area contributed by atoms with Gasteiger partial charge in [-0.15, -0.1) is 0 Å². The van der Waals surface area contributed by atoms with E-state index in [0.717, 1.165) is 18.7 Å². The van der Waals surface area contributed by atoms with Crippen LogP contribution in [0.25, 0.3) is 0 Å². The summed E-state index contributed by atoms with van der Waals surface area (Å²) in [5.74, 6) is 0.933.